The number of carbonyl (C=O) groups is 3. The fourth-order valence-electron chi connectivity index (χ4n) is 1.22. The van der Waals surface area contributed by atoms with E-state index in [4.69, 9.17) is 15.3 Å². The summed E-state index contributed by atoms with van der Waals surface area (Å²) >= 11 is 1.48. The standard InChI is InChI=1S/C10H18N2O6S/c1-19-5-4-7(10(17)18)12-11-6(9(15)16)2-3-8(13)14/h6-7,11-12H,2-5H2,1H3,(H,13,14)(H,15,16)(H,17,18)/t6-,7-/m0/s1. The Morgan fingerprint density at radius 3 is 1.84 bits per heavy atom. The molecular formula is C10H18N2O6S. The smallest absolute Gasteiger partial charge is 0.322 e. The molecule has 0 heterocycles. The zero-order chi connectivity index (χ0) is 14.8. The monoisotopic (exact) mass is 294 g/mol. The van der Waals surface area contributed by atoms with Crippen LogP contribution in [0, 0.1) is 0 Å². The summed E-state index contributed by atoms with van der Waals surface area (Å²) in [4.78, 5) is 32.1. The predicted molar refractivity (Wildman–Crippen MR) is 69.0 cm³/mol. The molecule has 9 heteroatoms. The second kappa shape index (κ2) is 9.59. The molecule has 2 atom stereocenters. The SMILES string of the molecule is CSCC[C@H](NN[C@@H](CCC(=O)O)C(=O)O)C(=O)O. The molecule has 0 bridgehead atoms. The Morgan fingerprint density at radius 2 is 1.47 bits per heavy atom. The lowest BCUT2D eigenvalue weighted by Crippen LogP contribution is -2.52. The molecule has 0 saturated carbocycles. The van der Waals surface area contributed by atoms with Crippen LogP contribution in [0.4, 0.5) is 0 Å². The van der Waals surface area contributed by atoms with E-state index >= 15 is 0 Å². The highest BCUT2D eigenvalue weighted by Gasteiger charge is 2.22. The first kappa shape index (κ1) is 17.7. The van der Waals surface area contributed by atoms with Gasteiger partial charge in [-0.15, -0.1) is 0 Å². The molecule has 5 N–H and O–H groups in total. The zero-order valence-corrected chi connectivity index (χ0v) is 11.3. The van der Waals surface area contributed by atoms with E-state index in [0.717, 1.165) is 0 Å². The molecule has 0 aromatic rings. The maximum Gasteiger partial charge on any atom is 0.322 e. The van der Waals surface area contributed by atoms with Crippen LogP contribution in [0.5, 0.6) is 0 Å². The second-order valence-corrected chi connectivity index (χ2v) is 4.77. The number of hydrogen-bond acceptors (Lipinski definition) is 6. The van der Waals surface area contributed by atoms with E-state index < -0.39 is 30.0 Å². The van der Waals surface area contributed by atoms with E-state index in [9.17, 15) is 14.4 Å². The van der Waals surface area contributed by atoms with Gasteiger partial charge in [-0.3, -0.25) is 14.4 Å². The van der Waals surface area contributed by atoms with Crippen molar-refractivity contribution in [3.05, 3.63) is 0 Å². The van der Waals surface area contributed by atoms with E-state index in [-0.39, 0.29) is 12.8 Å². The lowest BCUT2D eigenvalue weighted by molar-refractivity contribution is -0.144. The molecule has 0 aliphatic heterocycles. The summed E-state index contributed by atoms with van der Waals surface area (Å²) in [6.07, 6.45) is 1.72. The summed E-state index contributed by atoms with van der Waals surface area (Å²) in [6.45, 7) is 0. The molecule has 0 saturated heterocycles. The molecule has 0 amide bonds. The normalized spacial score (nSPS) is 13.7. The third-order valence-corrected chi connectivity index (χ3v) is 2.93. The molecule has 110 valence electrons. The minimum atomic E-state index is -1.23. The van der Waals surface area contributed by atoms with Crippen LogP contribution in [0.25, 0.3) is 0 Å². The van der Waals surface area contributed by atoms with E-state index in [1.54, 1.807) is 0 Å². The van der Waals surface area contributed by atoms with Crippen LogP contribution in [0.2, 0.25) is 0 Å². The van der Waals surface area contributed by atoms with Crippen LogP contribution >= 0.6 is 11.8 Å². The Balaban J connectivity index is 4.29. The number of nitrogens with one attached hydrogen (secondary N) is 2. The van der Waals surface area contributed by atoms with Crippen molar-refractivity contribution in [2.24, 2.45) is 0 Å². The summed E-state index contributed by atoms with van der Waals surface area (Å²) in [5, 5.41) is 26.3. The Labute approximate surface area is 114 Å². The van der Waals surface area contributed by atoms with Gasteiger partial charge in [0, 0.05) is 6.42 Å². The summed E-state index contributed by atoms with van der Waals surface area (Å²) < 4.78 is 0. The zero-order valence-electron chi connectivity index (χ0n) is 10.5. The van der Waals surface area contributed by atoms with Gasteiger partial charge in [-0.2, -0.15) is 11.8 Å². The molecule has 0 radical (unpaired) electrons. The molecule has 0 aliphatic rings. The van der Waals surface area contributed by atoms with Gasteiger partial charge in [-0.25, -0.2) is 10.9 Å². The lowest BCUT2D eigenvalue weighted by Gasteiger charge is -2.19. The topological polar surface area (TPSA) is 136 Å². The number of aliphatic carboxylic acids is 3. The van der Waals surface area contributed by atoms with Crippen molar-refractivity contribution in [2.75, 3.05) is 12.0 Å². The Morgan fingerprint density at radius 1 is 1.00 bits per heavy atom. The maximum absolute atomic E-state index is 10.9. The Hall–Kier alpha value is -1.32. The number of hydrazine groups is 1. The first-order valence-corrected chi connectivity index (χ1v) is 6.95. The van der Waals surface area contributed by atoms with Crippen molar-refractivity contribution >= 4 is 29.7 Å². The minimum absolute atomic E-state index is 0.132. The molecular weight excluding hydrogens is 276 g/mol. The van der Waals surface area contributed by atoms with Gasteiger partial charge in [0.1, 0.15) is 12.1 Å². The summed E-state index contributed by atoms with van der Waals surface area (Å²) in [6, 6.07) is -2.06. The number of thioether (sulfide) groups is 1. The summed E-state index contributed by atoms with van der Waals surface area (Å²) in [7, 11) is 0. The minimum Gasteiger partial charge on any atom is -0.481 e. The van der Waals surface area contributed by atoms with Gasteiger partial charge >= 0.3 is 17.9 Å². The largest absolute Gasteiger partial charge is 0.481 e. The average molecular weight is 294 g/mol. The fraction of sp³-hybridized carbons (Fsp3) is 0.700. The number of hydrogen-bond donors (Lipinski definition) is 5. The number of rotatable bonds is 11. The van der Waals surface area contributed by atoms with Crippen molar-refractivity contribution in [3.8, 4) is 0 Å². The van der Waals surface area contributed by atoms with Crippen LogP contribution in [0.3, 0.4) is 0 Å². The van der Waals surface area contributed by atoms with Crippen molar-refractivity contribution in [3.63, 3.8) is 0 Å². The maximum atomic E-state index is 10.9. The number of carboxylic acid groups (broad SMARTS) is 3. The van der Waals surface area contributed by atoms with Crippen molar-refractivity contribution < 1.29 is 29.7 Å². The van der Waals surface area contributed by atoms with Gasteiger partial charge in [0.25, 0.3) is 0 Å². The summed E-state index contributed by atoms with van der Waals surface area (Å²) in [5.41, 5.74) is 4.78. The quantitative estimate of drug-likeness (QED) is 0.322. The highest BCUT2D eigenvalue weighted by molar-refractivity contribution is 7.98. The van der Waals surface area contributed by atoms with Crippen LogP contribution < -0.4 is 10.9 Å². The van der Waals surface area contributed by atoms with Gasteiger partial charge in [0.05, 0.1) is 0 Å². The fourth-order valence-corrected chi connectivity index (χ4v) is 1.69. The van der Waals surface area contributed by atoms with Crippen LogP contribution in [0.1, 0.15) is 19.3 Å². The third-order valence-electron chi connectivity index (χ3n) is 2.29. The average Bonchev–Trinajstić information content (AvgIpc) is 2.31. The van der Waals surface area contributed by atoms with Gasteiger partial charge in [-0.05, 0) is 24.9 Å². The van der Waals surface area contributed by atoms with E-state index in [1.165, 1.54) is 11.8 Å². The van der Waals surface area contributed by atoms with Crippen LogP contribution in [0.15, 0.2) is 0 Å². The molecule has 0 rings (SSSR count). The lowest BCUT2D eigenvalue weighted by atomic mass is 10.1. The first-order valence-electron chi connectivity index (χ1n) is 5.55. The van der Waals surface area contributed by atoms with Gasteiger partial charge in [0.15, 0.2) is 0 Å². The molecule has 8 nitrogen and oxygen atoms in total. The molecule has 0 fully saturated rings. The Bertz CT molecular complexity index is 325. The van der Waals surface area contributed by atoms with E-state index in [0.29, 0.717) is 12.2 Å². The van der Waals surface area contributed by atoms with E-state index in [1.807, 2.05) is 6.26 Å². The molecule has 19 heavy (non-hydrogen) atoms. The molecule has 0 aromatic carbocycles. The number of carboxylic acids is 3. The second-order valence-electron chi connectivity index (χ2n) is 3.78. The molecule has 0 spiro atoms. The van der Waals surface area contributed by atoms with Crippen LogP contribution in [-0.4, -0.2) is 57.3 Å². The molecule has 0 aromatic heterocycles. The van der Waals surface area contributed by atoms with Gasteiger partial charge < -0.3 is 15.3 Å². The predicted octanol–water partition coefficient (Wildman–Crippen LogP) is -0.395. The molecule has 0 aliphatic carbocycles. The molecule has 0 unspecified atom stereocenters. The van der Waals surface area contributed by atoms with Crippen molar-refractivity contribution in [1.29, 1.82) is 0 Å². The van der Waals surface area contributed by atoms with Crippen molar-refractivity contribution in [1.82, 2.24) is 10.9 Å². The van der Waals surface area contributed by atoms with Crippen molar-refractivity contribution in [2.45, 2.75) is 31.3 Å². The van der Waals surface area contributed by atoms with E-state index in [2.05, 4.69) is 10.9 Å². The Kier molecular flexibility index (Phi) is 8.92. The highest BCUT2D eigenvalue weighted by Crippen LogP contribution is 2.02. The van der Waals surface area contributed by atoms with Gasteiger partial charge in [0.2, 0.25) is 0 Å². The highest BCUT2D eigenvalue weighted by atomic mass is 32.2. The third kappa shape index (κ3) is 8.41. The van der Waals surface area contributed by atoms with Crippen LogP contribution in [-0.2, 0) is 14.4 Å². The first-order chi connectivity index (χ1) is 8.88. The van der Waals surface area contributed by atoms with Gasteiger partial charge in [-0.1, -0.05) is 0 Å². The summed E-state index contributed by atoms with van der Waals surface area (Å²) in [5.74, 6) is -2.82.